The minimum absolute atomic E-state index is 0.0247. The minimum Gasteiger partial charge on any atom is -0.352 e. The molecule has 2 atom stereocenters. The quantitative estimate of drug-likeness (QED) is 0.630. The van der Waals surface area contributed by atoms with Crippen molar-refractivity contribution < 1.29 is 4.79 Å². The third-order valence-electron chi connectivity index (χ3n) is 3.39. The van der Waals surface area contributed by atoms with Gasteiger partial charge in [-0.15, -0.1) is 11.6 Å². The summed E-state index contributed by atoms with van der Waals surface area (Å²) in [4.78, 5) is 12.0. The number of carbonyl (C=O) groups is 1. The third kappa shape index (κ3) is 3.85. The molecule has 0 radical (unpaired) electrons. The summed E-state index contributed by atoms with van der Waals surface area (Å²) in [5.41, 5.74) is 0.760. The van der Waals surface area contributed by atoms with Gasteiger partial charge in [0, 0.05) is 15.5 Å². The van der Waals surface area contributed by atoms with Crippen LogP contribution in [-0.2, 0) is 0 Å². The maximum Gasteiger partial charge on any atom is 0.252 e. The van der Waals surface area contributed by atoms with E-state index in [4.69, 9.17) is 11.6 Å². The highest BCUT2D eigenvalue weighted by molar-refractivity contribution is 14.1. The molecule has 0 spiro atoms. The highest BCUT2D eigenvalue weighted by Crippen LogP contribution is 2.27. The largest absolute Gasteiger partial charge is 0.352 e. The van der Waals surface area contributed by atoms with E-state index in [-0.39, 0.29) is 11.3 Å². The molecule has 1 aromatic rings. The molecule has 1 N–H and O–H groups in total. The fourth-order valence-corrected chi connectivity index (χ4v) is 3.43. The molecule has 0 saturated heterocycles. The number of nitrogens with one attached hydrogen (secondary N) is 1. The number of alkyl halides is 1. The molecule has 1 saturated carbocycles. The van der Waals surface area contributed by atoms with Crippen LogP contribution in [0.4, 0.5) is 0 Å². The van der Waals surface area contributed by atoms with Crippen molar-refractivity contribution in [2.24, 2.45) is 5.92 Å². The van der Waals surface area contributed by atoms with Crippen LogP contribution in [-0.4, -0.2) is 17.8 Å². The second-order valence-corrected chi connectivity index (χ2v) is 6.60. The molecule has 1 amide bonds. The first-order chi connectivity index (χ1) is 8.66. The molecule has 4 heteroatoms. The van der Waals surface area contributed by atoms with Gasteiger partial charge < -0.3 is 5.32 Å². The molecule has 18 heavy (non-hydrogen) atoms. The molecule has 2 unspecified atom stereocenters. The smallest absolute Gasteiger partial charge is 0.252 e. The van der Waals surface area contributed by atoms with Crippen LogP contribution in [0, 0.1) is 9.49 Å². The zero-order chi connectivity index (χ0) is 13.0. The lowest BCUT2D eigenvalue weighted by Crippen LogP contribution is -2.32. The molecule has 1 aromatic carbocycles. The summed E-state index contributed by atoms with van der Waals surface area (Å²) in [6.45, 7) is 0.743. The van der Waals surface area contributed by atoms with Gasteiger partial charge in [-0.1, -0.05) is 18.6 Å². The number of amides is 1. The van der Waals surface area contributed by atoms with Crippen LogP contribution in [0.15, 0.2) is 24.3 Å². The van der Waals surface area contributed by atoms with E-state index >= 15 is 0 Å². The lowest BCUT2D eigenvalue weighted by atomic mass is 9.89. The second kappa shape index (κ2) is 6.75. The van der Waals surface area contributed by atoms with Gasteiger partial charge in [0.1, 0.15) is 0 Å². The predicted octanol–water partition coefficient (Wildman–Crippen LogP) is 3.82. The SMILES string of the molecule is O=C(NCC1CCCC(Cl)C1)c1ccccc1I. The fraction of sp³-hybridized carbons (Fsp3) is 0.500. The molecule has 1 aliphatic carbocycles. The molecular weight excluding hydrogens is 361 g/mol. The number of rotatable bonds is 3. The summed E-state index contributed by atoms with van der Waals surface area (Å²) in [6.07, 6.45) is 4.49. The molecule has 2 nitrogen and oxygen atoms in total. The van der Waals surface area contributed by atoms with Crippen LogP contribution in [0.2, 0.25) is 0 Å². The van der Waals surface area contributed by atoms with Crippen LogP contribution in [0.3, 0.4) is 0 Å². The molecular formula is C14H17ClINO. The van der Waals surface area contributed by atoms with Gasteiger partial charge in [-0.2, -0.15) is 0 Å². The van der Waals surface area contributed by atoms with Crippen LogP contribution in [0.25, 0.3) is 0 Å². The Balaban J connectivity index is 1.87. The van der Waals surface area contributed by atoms with Crippen molar-refractivity contribution in [2.45, 2.75) is 31.1 Å². The molecule has 2 rings (SSSR count). The maximum absolute atomic E-state index is 12.0. The summed E-state index contributed by atoms with van der Waals surface area (Å²) in [5.74, 6) is 0.559. The fourth-order valence-electron chi connectivity index (χ4n) is 2.39. The van der Waals surface area contributed by atoms with E-state index in [1.165, 1.54) is 12.8 Å². The van der Waals surface area contributed by atoms with Crippen LogP contribution < -0.4 is 5.32 Å². The highest BCUT2D eigenvalue weighted by atomic mass is 127. The lowest BCUT2D eigenvalue weighted by Gasteiger charge is -2.25. The summed E-state index contributed by atoms with van der Waals surface area (Å²) < 4.78 is 0.992. The lowest BCUT2D eigenvalue weighted by molar-refractivity contribution is 0.0943. The van der Waals surface area contributed by atoms with E-state index in [0.29, 0.717) is 5.92 Å². The second-order valence-electron chi connectivity index (χ2n) is 4.82. The van der Waals surface area contributed by atoms with Crippen molar-refractivity contribution in [3.63, 3.8) is 0 Å². The van der Waals surface area contributed by atoms with Gasteiger partial charge in [0.15, 0.2) is 0 Å². The van der Waals surface area contributed by atoms with Gasteiger partial charge in [0.25, 0.3) is 5.91 Å². The summed E-state index contributed by atoms with van der Waals surface area (Å²) >= 11 is 8.35. The predicted molar refractivity (Wildman–Crippen MR) is 83.1 cm³/mol. The Morgan fingerprint density at radius 2 is 2.17 bits per heavy atom. The maximum atomic E-state index is 12.0. The first-order valence-electron chi connectivity index (χ1n) is 6.33. The van der Waals surface area contributed by atoms with Crippen LogP contribution in [0.5, 0.6) is 0 Å². The van der Waals surface area contributed by atoms with Gasteiger partial charge in [0.2, 0.25) is 0 Å². The van der Waals surface area contributed by atoms with Gasteiger partial charge in [-0.25, -0.2) is 0 Å². The molecule has 0 bridgehead atoms. The Morgan fingerprint density at radius 3 is 2.89 bits per heavy atom. The van der Waals surface area contributed by atoms with E-state index in [2.05, 4.69) is 27.9 Å². The Bertz CT molecular complexity index is 424. The average molecular weight is 378 g/mol. The van der Waals surface area contributed by atoms with Crippen molar-refractivity contribution in [3.8, 4) is 0 Å². The molecule has 0 aromatic heterocycles. The van der Waals surface area contributed by atoms with Crippen molar-refractivity contribution in [2.75, 3.05) is 6.54 Å². The van der Waals surface area contributed by atoms with Gasteiger partial charge >= 0.3 is 0 Å². The number of carbonyl (C=O) groups excluding carboxylic acids is 1. The normalized spacial score (nSPS) is 23.7. The first-order valence-corrected chi connectivity index (χ1v) is 7.85. The Hall–Kier alpha value is -0.290. The van der Waals surface area contributed by atoms with E-state index in [0.717, 1.165) is 28.5 Å². The highest BCUT2D eigenvalue weighted by Gasteiger charge is 2.21. The van der Waals surface area contributed by atoms with E-state index in [9.17, 15) is 4.79 Å². The average Bonchev–Trinajstić information content (AvgIpc) is 2.37. The summed E-state index contributed by atoms with van der Waals surface area (Å²) in [6, 6.07) is 7.65. The zero-order valence-corrected chi connectivity index (χ0v) is 13.1. The van der Waals surface area contributed by atoms with Crippen LogP contribution >= 0.6 is 34.2 Å². The van der Waals surface area contributed by atoms with Crippen molar-refractivity contribution in [1.82, 2.24) is 5.32 Å². The summed E-state index contributed by atoms with van der Waals surface area (Å²) in [7, 11) is 0. The molecule has 1 fully saturated rings. The number of halogens is 2. The van der Waals surface area contributed by atoms with Gasteiger partial charge in [-0.05, 0) is 59.9 Å². The van der Waals surface area contributed by atoms with Crippen molar-refractivity contribution in [3.05, 3.63) is 33.4 Å². The number of hydrogen-bond acceptors (Lipinski definition) is 1. The van der Waals surface area contributed by atoms with E-state index in [1.807, 2.05) is 24.3 Å². The van der Waals surface area contributed by atoms with Crippen LogP contribution in [0.1, 0.15) is 36.0 Å². The molecule has 98 valence electrons. The topological polar surface area (TPSA) is 29.1 Å². The van der Waals surface area contributed by atoms with E-state index in [1.54, 1.807) is 0 Å². The third-order valence-corrected chi connectivity index (χ3v) is 4.73. The van der Waals surface area contributed by atoms with Gasteiger partial charge in [0.05, 0.1) is 5.56 Å². The van der Waals surface area contributed by atoms with Crippen molar-refractivity contribution >= 4 is 40.1 Å². The first kappa shape index (κ1) is 14.1. The standard InChI is InChI=1S/C14H17ClINO/c15-11-5-3-4-10(8-11)9-17-14(18)12-6-1-2-7-13(12)16/h1-2,6-7,10-11H,3-5,8-9H2,(H,17,18). The molecule has 1 aliphatic rings. The number of benzene rings is 1. The van der Waals surface area contributed by atoms with Crippen molar-refractivity contribution in [1.29, 1.82) is 0 Å². The monoisotopic (exact) mass is 377 g/mol. The Morgan fingerprint density at radius 1 is 1.39 bits per heavy atom. The Kier molecular flexibility index (Phi) is 5.30. The molecule has 0 heterocycles. The van der Waals surface area contributed by atoms with Gasteiger partial charge in [-0.3, -0.25) is 4.79 Å². The van der Waals surface area contributed by atoms with E-state index < -0.39 is 0 Å². The zero-order valence-electron chi connectivity index (χ0n) is 10.2. The molecule has 0 aliphatic heterocycles. The summed E-state index contributed by atoms with van der Waals surface area (Å²) in [5, 5.41) is 3.32. The minimum atomic E-state index is 0.0247. The number of hydrogen-bond donors (Lipinski definition) is 1. The Labute approximate surface area is 127 Å².